The van der Waals surface area contributed by atoms with E-state index >= 15 is 0 Å². The van der Waals surface area contributed by atoms with E-state index in [2.05, 4.69) is 21.9 Å². The number of carbonyl (C=O) groups is 1. The molecular weight excluding hydrogens is 503 g/mol. The first-order valence-electron chi connectivity index (χ1n) is 11.9. The van der Waals surface area contributed by atoms with Crippen LogP contribution in [0.15, 0.2) is 77.7 Å². The van der Waals surface area contributed by atoms with Crippen molar-refractivity contribution in [2.45, 2.75) is 37.4 Å². The van der Waals surface area contributed by atoms with Gasteiger partial charge >= 0.3 is 6.18 Å². The van der Waals surface area contributed by atoms with Gasteiger partial charge in [0.15, 0.2) is 0 Å². The highest BCUT2D eigenvalue weighted by atomic mass is 32.2. The molecule has 2 N–H and O–H groups in total. The molecule has 3 aromatic carbocycles. The van der Waals surface area contributed by atoms with Crippen molar-refractivity contribution in [3.05, 3.63) is 89.5 Å². The van der Waals surface area contributed by atoms with Gasteiger partial charge in [-0.25, -0.2) is 8.42 Å². The van der Waals surface area contributed by atoms with Crippen LogP contribution in [0.4, 0.5) is 24.5 Å². The van der Waals surface area contributed by atoms with Gasteiger partial charge in [-0.05, 0) is 85.5 Å². The number of sulfonamides is 1. The molecule has 1 unspecified atom stereocenters. The van der Waals surface area contributed by atoms with E-state index in [1.807, 2.05) is 12.1 Å². The van der Waals surface area contributed by atoms with Gasteiger partial charge in [-0.1, -0.05) is 25.1 Å². The Bertz CT molecular complexity index is 1340. The topological polar surface area (TPSA) is 78.5 Å². The fraction of sp³-hybridized carbons (Fsp3) is 0.296. The number of carbonyl (C=O) groups excluding carboxylic acids is 1. The summed E-state index contributed by atoms with van der Waals surface area (Å²) in [6.07, 6.45) is -2.13. The van der Waals surface area contributed by atoms with E-state index in [1.54, 1.807) is 12.1 Å². The van der Waals surface area contributed by atoms with E-state index in [9.17, 15) is 26.4 Å². The molecule has 0 aliphatic carbocycles. The van der Waals surface area contributed by atoms with Gasteiger partial charge in [0.2, 0.25) is 0 Å². The lowest BCUT2D eigenvalue weighted by Gasteiger charge is -2.30. The Kier molecular flexibility index (Phi) is 7.89. The van der Waals surface area contributed by atoms with Crippen LogP contribution < -0.4 is 10.0 Å². The second-order valence-electron chi connectivity index (χ2n) is 9.34. The number of rotatable bonds is 7. The Hall–Kier alpha value is -3.37. The molecule has 0 aromatic heterocycles. The van der Waals surface area contributed by atoms with Crippen molar-refractivity contribution >= 4 is 27.3 Å². The fourth-order valence-electron chi connectivity index (χ4n) is 4.34. The standard InChI is InChI=1S/C27H28F3N3O3S/c1-19-4-3-15-33(17-19)18-20-7-9-21(10-8-20)26(34)31-23-11-13-25(14-12-23)37(35,36)32-24-6-2-5-22(16-24)27(28,29)30/h2,5-14,16,19,32H,3-4,15,17-18H2,1H3,(H,31,34). The predicted octanol–water partition coefficient (Wildman–Crippen LogP) is 5.99. The molecule has 0 radical (unpaired) electrons. The lowest BCUT2D eigenvalue weighted by Crippen LogP contribution is -2.33. The Morgan fingerprint density at radius 1 is 1.00 bits per heavy atom. The molecule has 1 fully saturated rings. The molecule has 0 spiro atoms. The smallest absolute Gasteiger partial charge is 0.322 e. The molecule has 0 bridgehead atoms. The van der Waals surface area contributed by atoms with Crippen molar-refractivity contribution in [3.63, 3.8) is 0 Å². The van der Waals surface area contributed by atoms with Gasteiger partial charge in [0.1, 0.15) is 0 Å². The first kappa shape index (κ1) is 26.7. The van der Waals surface area contributed by atoms with Crippen molar-refractivity contribution in [1.29, 1.82) is 0 Å². The average molecular weight is 532 g/mol. The van der Waals surface area contributed by atoms with Gasteiger partial charge in [0.25, 0.3) is 15.9 Å². The number of piperidine rings is 1. The molecule has 1 aliphatic heterocycles. The molecule has 1 aliphatic rings. The zero-order chi connectivity index (χ0) is 26.6. The van der Waals surface area contributed by atoms with E-state index in [-0.39, 0.29) is 16.5 Å². The SMILES string of the molecule is CC1CCCN(Cc2ccc(C(=O)Nc3ccc(S(=O)(=O)Nc4cccc(C(F)(F)F)c4)cc3)cc2)C1. The zero-order valence-corrected chi connectivity index (χ0v) is 21.1. The Morgan fingerprint density at radius 2 is 1.70 bits per heavy atom. The number of likely N-dealkylation sites (tertiary alicyclic amines) is 1. The number of amides is 1. The third-order valence-electron chi connectivity index (χ3n) is 6.23. The van der Waals surface area contributed by atoms with Crippen LogP contribution in [0.1, 0.15) is 41.3 Å². The molecule has 1 heterocycles. The number of halogens is 3. The van der Waals surface area contributed by atoms with E-state index in [0.717, 1.165) is 43.4 Å². The summed E-state index contributed by atoms with van der Waals surface area (Å²) < 4.78 is 66.1. The van der Waals surface area contributed by atoms with Crippen LogP contribution in [0.3, 0.4) is 0 Å². The predicted molar refractivity (Wildman–Crippen MR) is 137 cm³/mol. The number of benzene rings is 3. The maximum absolute atomic E-state index is 12.9. The lowest BCUT2D eigenvalue weighted by molar-refractivity contribution is -0.137. The van der Waals surface area contributed by atoms with E-state index in [4.69, 9.17) is 0 Å². The summed E-state index contributed by atoms with van der Waals surface area (Å²) >= 11 is 0. The van der Waals surface area contributed by atoms with Crippen LogP contribution >= 0.6 is 0 Å². The Labute approximate surface area is 214 Å². The fourth-order valence-corrected chi connectivity index (χ4v) is 5.39. The number of nitrogens with one attached hydrogen (secondary N) is 2. The van der Waals surface area contributed by atoms with Gasteiger partial charge in [-0.15, -0.1) is 0 Å². The maximum Gasteiger partial charge on any atom is 0.416 e. The molecular formula is C27H28F3N3O3S. The van der Waals surface area contributed by atoms with Crippen molar-refractivity contribution in [2.75, 3.05) is 23.1 Å². The normalized spacial score (nSPS) is 16.8. The number of nitrogens with zero attached hydrogens (tertiary/aromatic N) is 1. The maximum atomic E-state index is 12.9. The van der Waals surface area contributed by atoms with Gasteiger partial charge in [0.05, 0.1) is 10.5 Å². The summed E-state index contributed by atoms with van der Waals surface area (Å²) in [7, 11) is -4.13. The second-order valence-corrected chi connectivity index (χ2v) is 11.0. The van der Waals surface area contributed by atoms with Gasteiger partial charge in [-0.2, -0.15) is 13.2 Å². The summed E-state index contributed by atoms with van der Waals surface area (Å²) in [5, 5.41) is 2.73. The molecule has 1 amide bonds. The number of anilines is 2. The highest BCUT2D eigenvalue weighted by Crippen LogP contribution is 2.31. The van der Waals surface area contributed by atoms with Crippen LogP contribution in [0.2, 0.25) is 0 Å². The van der Waals surface area contributed by atoms with E-state index in [1.165, 1.54) is 43.2 Å². The quantitative estimate of drug-likeness (QED) is 0.393. The average Bonchev–Trinajstić information content (AvgIpc) is 2.84. The summed E-state index contributed by atoms with van der Waals surface area (Å²) in [6, 6.07) is 16.7. The highest BCUT2D eigenvalue weighted by molar-refractivity contribution is 7.92. The summed E-state index contributed by atoms with van der Waals surface area (Å²) in [6.45, 7) is 5.25. The van der Waals surface area contributed by atoms with Crippen LogP contribution in [-0.2, 0) is 22.7 Å². The third-order valence-corrected chi connectivity index (χ3v) is 7.63. The minimum atomic E-state index is -4.59. The van der Waals surface area contributed by atoms with Crippen LogP contribution in [0.5, 0.6) is 0 Å². The first-order valence-corrected chi connectivity index (χ1v) is 13.4. The Balaban J connectivity index is 1.37. The van der Waals surface area contributed by atoms with Crippen molar-refractivity contribution in [2.24, 2.45) is 5.92 Å². The largest absolute Gasteiger partial charge is 0.416 e. The molecule has 1 atom stereocenters. The lowest BCUT2D eigenvalue weighted by atomic mass is 9.99. The second kappa shape index (κ2) is 10.9. The number of hydrogen-bond acceptors (Lipinski definition) is 4. The van der Waals surface area contributed by atoms with Crippen molar-refractivity contribution in [1.82, 2.24) is 4.90 Å². The van der Waals surface area contributed by atoms with Crippen LogP contribution in [0, 0.1) is 5.92 Å². The molecule has 37 heavy (non-hydrogen) atoms. The van der Waals surface area contributed by atoms with E-state index < -0.39 is 21.8 Å². The molecule has 196 valence electrons. The summed E-state index contributed by atoms with van der Waals surface area (Å²) in [4.78, 5) is 14.9. The van der Waals surface area contributed by atoms with Gasteiger partial charge in [-0.3, -0.25) is 14.4 Å². The van der Waals surface area contributed by atoms with Crippen molar-refractivity contribution < 1.29 is 26.4 Å². The van der Waals surface area contributed by atoms with Crippen molar-refractivity contribution in [3.8, 4) is 0 Å². The number of hydrogen-bond donors (Lipinski definition) is 2. The number of alkyl halides is 3. The summed E-state index contributed by atoms with van der Waals surface area (Å²) in [5.74, 6) is 0.354. The zero-order valence-electron chi connectivity index (χ0n) is 20.3. The minimum Gasteiger partial charge on any atom is -0.322 e. The Morgan fingerprint density at radius 3 is 2.35 bits per heavy atom. The molecule has 4 rings (SSSR count). The van der Waals surface area contributed by atoms with Gasteiger partial charge < -0.3 is 5.32 Å². The monoisotopic (exact) mass is 531 g/mol. The minimum absolute atomic E-state index is 0.153. The van der Waals surface area contributed by atoms with Crippen LogP contribution in [0.25, 0.3) is 0 Å². The molecule has 10 heteroatoms. The molecule has 6 nitrogen and oxygen atoms in total. The first-order chi connectivity index (χ1) is 17.5. The highest BCUT2D eigenvalue weighted by Gasteiger charge is 2.30. The van der Waals surface area contributed by atoms with E-state index in [0.29, 0.717) is 17.2 Å². The molecule has 3 aromatic rings. The third kappa shape index (κ3) is 7.11. The molecule has 0 saturated carbocycles. The summed E-state index contributed by atoms with van der Waals surface area (Å²) in [5.41, 5.74) is 0.826. The molecule has 1 saturated heterocycles. The van der Waals surface area contributed by atoms with Gasteiger partial charge in [0, 0.05) is 30.0 Å². The van der Waals surface area contributed by atoms with Crippen LogP contribution in [-0.4, -0.2) is 32.3 Å².